The van der Waals surface area contributed by atoms with Gasteiger partial charge in [-0.1, -0.05) is 0 Å². The fourth-order valence-electron chi connectivity index (χ4n) is 2.78. The zero-order chi connectivity index (χ0) is 17.2. The summed E-state index contributed by atoms with van der Waals surface area (Å²) >= 11 is 1.16. The first kappa shape index (κ1) is 17.1. The maximum Gasteiger partial charge on any atom is 0.263 e. The van der Waals surface area contributed by atoms with Gasteiger partial charge in [0.05, 0.1) is 6.33 Å². The summed E-state index contributed by atoms with van der Waals surface area (Å²) in [6, 6.07) is 1.38. The first-order valence-electron chi connectivity index (χ1n) is 7.83. The van der Waals surface area contributed by atoms with Crippen LogP contribution in [0.2, 0.25) is 0 Å². The second-order valence-electron chi connectivity index (χ2n) is 5.86. The van der Waals surface area contributed by atoms with Gasteiger partial charge in [-0.2, -0.15) is 4.31 Å². The predicted octanol–water partition coefficient (Wildman–Crippen LogP) is 1.55. The topological polar surface area (TPSA) is 84.3 Å². The average molecular weight is 368 g/mol. The second-order valence-corrected chi connectivity index (χ2v) is 8.68. The fraction of sp³-hybridized carbons (Fsp3) is 0.467. The van der Waals surface area contributed by atoms with E-state index in [4.69, 9.17) is 0 Å². The Kier molecular flexibility index (Phi) is 5.02. The summed E-state index contributed by atoms with van der Waals surface area (Å²) in [5.41, 5.74) is 0. The lowest BCUT2D eigenvalue weighted by Gasteiger charge is -2.17. The average Bonchev–Trinajstić information content (AvgIpc) is 3.28. The fourth-order valence-corrected chi connectivity index (χ4v) is 5.60. The molecule has 0 unspecified atom stereocenters. The molecule has 0 aromatic carbocycles. The molecule has 0 saturated carbocycles. The van der Waals surface area contributed by atoms with Crippen molar-refractivity contribution in [2.24, 2.45) is 0 Å². The summed E-state index contributed by atoms with van der Waals surface area (Å²) in [5, 5.41) is 4.51. The molecule has 130 valence electrons. The third-order valence-corrected chi connectivity index (χ3v) is 6.92. The van der Waals surface area contributed by atoms with Crippen molar-refractivity contribution in [2.45, 2.75) is 37.2 Å². The molecule has 0 aliphatic carbocycles. The lowest BCUT2D eigenvalue weighted by molar-refractivity contribution is 0.0937. The van der Waals surface area contributed by atoms with Crippen LogP contribution in [0.3, 0.4) is 0 Å². The maximum atomic E-state index is 12.7. The number of amides is 1. The molecule has 3 heterocycles. The Balaban J connectivity index is 1.73. The molecule has 1 N–H and O–H groups in total. The van der Waals surface area contributed by atoms with Crippen LogP contribution in [0.25, 0.3) is 0 Å². The number of carbonyl (C=O) groups is 1. The van der Waals surface area contributed by atoms with Crippen molar-refractivity contribution < 1.29 is 13.2 Å². The Morgan fingerprint density at radius 3 is 2.83 bits per heavy atom. The van der Waals surface area contributed by atoms with Gasteiger partial charge in [0.1, 0.15) is 9.77 Å². The molecular weight excluding hydrogens is 348 g/mol. The van der Waals surface area contributed by atoms with Crippen LogP contribution in [-0.4, -0.2) is 47.3 Å². The molecule has 1 saturated heterocycles. The number of nitrogens with one attached hydrogen (secondary N) is 1. The highest BCUT2D eigenvalue weighted by Gasteiger charge is 2.32. The van der Waals surface area contributed by atoms with Crippen molar-refractivity contribution >= 4 is 27.3 Å². The van der Waals surface area contributed by atoms with Gasteiger partial charge < -0.3 is 9.88 Å². The van der Waals surface area contributed by atoms with Crippen molar-refractivity contribution in [3.8, 4) is 0 Å². The van der Waals surface area contributed by atoms with Crippen LogP contribution < -0.4 is 5.32 Å². The summed E-state index contributed by atoms with van der Waals surface area (Å²) in [4.78, 5) is 16.8. The molecule has 1 aliphatic heterocycles. The van der Waals surface area contributed by atoms with E-state index in [0.29, 0.717) is 19.6 Å². The molecule has 1 fully saturated rings. The Morgan fingerprint density at radius 1 is 1.42 bits per heavy atom. The first-order chi connectivity index (χ1) is 11.5. The van der Waals surface area contributed by atoms with Crippen LogP contribution in [0.4, 0.5) is 0 Å². The third kappa shape index (κ3) is 3.52. The zero-order valence-electron chi connectivity index (χ0n) is 13.4. The third-order valence-electron chi connectivity index (χ3n) is 3.94. The number of hydrogen-bond acceptors (Lipinski definition) is 5. The lowest BCUT2D eigenvalue weighted by atomic mass is 10.3. The SMILES string of the molecule is C[C@@H](Cn1ccnc1)NC(=O)c1sccc1S(=O)(=O)N1CCCC1. The van der Waals surface area contributed by atoms with E-state index in [2.05, 4.69) is 10.3 Å². The van der Waals surface area contributed by atoms with Gasteiger partial charge in [0.2, 0.25) is 10.0 Å². The molecular formula is C15H20N4O3S2. The summed E-state index contributed by atoms with van der Waals surface area (Å²) in [5.74, 6) is -0.351. The molecule has 1 amide bonds. The molecule has 0 radical (unpaired) electrons. The quantitative estimate of drug-likeness (QED) is 0.838. The van der Waals surface area contributed by atoms with Crippen LogP contribution in [-0.2, 0) is 16.6 Å². The Morgan fingerprint density at radius 2 is 2.17 bits per heavy atom. The van der Waals surface area contributed by atoms with Gasteiger partial charge in [-0.15, -0.1) is 11.3 Å². The zero-order valence-corrected chi connectivity index (χ0v) is 15.0. The number of hydrogen-bond donors (Lipinski definition) is 1. The van der Waals surface area contributed by atoms with E-state index in [1.165, 1.54) is 10.4 Å². The van der Waals surface area contributed by atoms with Crippen molar-refractivity contribution in [3.63, 3.8) is 0 Å². The highest BCUT2D eigenvalue weighted by molar-refractivity contribution is 7.89. The molecule has 0 spiro atoms. The largest absolute Gasteiger partial charge is 0.347 e. The van der Waals surface area contributed by atoms with Gasteiger partial charge in [0.25, 0.3) is 5.91 Å². The minimum absolute atomic E-state index is 0.113. The van der Waals surface area contributed by atoms with E-state index in [-0.39, 0.29) is 21.7 Å². The van der Waals surface area contributed by atoms with E-state index in [1.807, 2.05) is 17.7 Å². The molecule has 3 rings (SSSR count). The number of thiophene rings is 1. The van der Waals surface area contributed by atoms with Crippen LogP contribution in [0.5, 0.6) is 0 Å². The number of nitrogens with zero attached hydrogens (tertiary/aromatic N) is 3. The second kappa shape index (κ2) is 7.04. The molecule has 0 bridgehead atoms. The van der Waals surface area contributed by atoms with Gasteiger partial charge >= 0.3 is 0 Å². The van der Waals surface area contributed by atoms with Crippen molar-refractivity contribution in [1.29, 1.82) is 0 Å². The van der Waals surface area contributed by atoms with Gasteiger partial charge in [-0.05, 0) is 31.2 Å². The smallest absolute Gasteiger partial charge is 0.263 e. The van der Waals surface area contributed by atoms with Gasteiger partial charge in [0.15, 0.2) is 0 Å². The highest BCUT2D eigenvalue weighted by Crippen LogP contribution is 2.27. The van der Waals surface area contributed by atoms with Crippen molar-refractivity contribution in [3.05, 3.63) is 35.0 Å². The van der Waals surface area contributed by atoms with Crippen molar-refractivity contribution in [1.82, 2.24) is 19.2 Å². The monoisotopic (exact) mass is 368 g/mol. The van der Waals surface area contributed by atoms with E-state index >= 15 is 0 Å². The number of imidazole rings is 1. The Hall–Kier alpha value is -1.71. The van der Waals surface area contributed by atoms with E-state index in [9.17, 15) is 13.2 Å². The number of carbonyl (C=O) groups excluding carboxylic acids is 1. The molecule has 2 aromatic rings. The number of aromatic nitrogens is 2. The minimum Gasteiger partial charge on any atom is -0.347 e. The summed E-state index contributed by atoms with van der Waals surface area (Å²) in [7, 11) is -3.59. The van der Waals surface area contributed by atoms with Crippen molar-refractivity contribution in [2.75, 3.05) is 13.1 Å². The molecule has 1 aliphatic rings. The summed E-state index contributed by atoms with van der Waals surface area (Å²) < 4.78 is 28.7. The van der Waals surface area contributed by atoms with Gasteiger partial charge in [-0.3, -0.25) is 4.79 Å². The van der Waals surface area contributed by atoms with Crippen LogP contribution in [0, 0.1) is 0 Å². The predicted molar refractivity (Wildman–Crippen MR) is 91.5 cm³/mol. The van der Waals surface area contributed by atoms with E-state index < -0.39 is 10.0 Å². The molecule has 24 heavy (non-hydrogen) atoms. The molecule has 2 aromatic heterocycles. The lowest BCUT2D eigenvalue weighted by Crippen LogP contribution is -2.36. The normalized spacial score (nSPS) is 17.0. The molecule has 1 atom stereocenters. The molecule has 7 nitrogen and oxygen atoms in total. The molecule has 9 heteroatoms. The first-order valence-corrected chi connectivity index (χ1v) is 10.1. The number of sulfonamides is 1. The van der Waals surface area contributed by atoms with E-state index in [1.54, 1.807) is 17.9 Å². The number of rotatable bonds is 6. The van der Waals surface area contributed by atoms with E-state index in [0.717, 1.165) is 24.2 Å². The Labute approximate surface area is 145 Å². The summed E-state index contributed by atoms with van der Waals surface area (Å²) in [6.45, 7) is 3.50. The standard InChI is InChI=1S/C15H20N4O3S2/c1-12(10-18-8-5-16-11-18)17-15(20)14-13(4-9-23-14)24(21,22)19-6-2-3-7-19/h4-5,8-9,11-12H,2-3,6-7,10H2,1H3,(H,17,20)/t12-/m0/s1. The van der Waals surface area contributed by atoms with Gasteiger partial charge in [-0.25, -0.2) is 13.4 Å². The van der Waals surface area contributed by atoms with Crippen LogP contribution in [0.15, 0.2) is 35.1 Å². The van der Waals surface area contributed by atoms with Gasteiger partial charge in [0, 0.05) is 38.1 Å². The van der Waals surface area contributed by atoms with Crippen LogP contribution in [0.1, 0.15) is 29.4 Å². The maximum absolute atomic E-state index is 12.7. The van der Waals surface area contributed by atoms with Crippen LogP contribution >= 0.6 is 11.3 Å². The minimum atomic E-state index is -3.59. The summed E-state index contributed by atoms with van der Waals surface area (Å²) in [6.07, 6.45) is 6.91. The Bertz CT molecular complexity index is 793. The highest BCUT2D eigenvalue weighted by atomic mass is 32.2.